The molecule has 1 N–H and O–H groups in total. The van der Waals surface area contributed by atoms with Gasteiger partial charge in [0.1, 0.15) is 5.70 Å². The van der Waals surface area contributed by atoms with Gasteiger partial charge in [-0.25, -0.2) is 4.90 Å². The molecule has 6 heteroatoms. The second-order valence-electron chi connectivity index (χ2n) is 8.52. The minimum Gasteiger partial charge on any atom is -0.454 e. The Balaban J connectivity index is 1.51. The lowest BCUT2D eigenvalue weighted by Gasteiger charge is -2.16. The molecule has 0 fully saturated rings. The molecule has 3 aromatic carbocycles. The van der Waals surface area contributed by atoms with Crippen molar-refractivity contribution in [2.45, 2.75) is 33.1 Å². The number of imide groups is 1. The molecule has 0 bridgehead atoms. The summed E-state index contributed by atoms with van der Waals surface area (Å²) in [5.41, 5.74) is 4.74. The molecule has 2 aliphatic heterocycles. The van der Waals surface area contributed by atoms with Crippen molar-refractivity contribution in [2.75, 3.05) is 17.0 Å². The summed E-state index contributed by atoms with van der Waals surface area (Å²) in [6, 6.07) is 20.6. The predicted molar refractivity (Wildman–Crippen MR) is 132 cm³/mol. The van der Waals surface area contributed by atoms with Crippen molar-refractivity contribution in [3.8, 4) is 11.5 Å². The Kier molecular flexibility index (Phi) is 5.80. The Labute approximate surface area is 198 Å². The van der Waals surface area contributed by atoms with E-state index in [1.165, 1.54) is 10.5 Å². The smallest absolute Gasteiger partial charge is 0.282 e. The number of aryl methyl sites for hydroxylation is 2. The highest BCUT2D eigenvalue weighted by Gasteiger charge is 2.40. The monoisotopic (exact) mass is 454 g/mol. The number of fused-ring (bicyclic) bond motifs is 1. The summed E-state index contributed by atoms with van der Waals surface area (Å²) in [4.78, 5) is 28.4. The summed E-state index contributed by atoms with van der Waals surface area (Å²) in [5, 5.41) is 3.19. The summed E-state index contributed by atoms with van der Waals surface area (Å²) in [6.45, 7) is 4.30. The Hall–Kier alpha value is -4.06. The number of carbonyl (C=O) groups excluding carboxylic acids is 2. The average Bonchev–Trinajstić information content (AvgIpc) is 3.41. The van der Waals surface area contributed by atoms with Crippen molar-refractivity contribution < 1.29 is 19.1 Å². The highest BCUT2D eigenvalue weighted by molar-refractivity contribution is 6.46. The highest BCUT2D eigenvalue weighted by Crippen LogP contribution is 2.37. The average molecular weight is 455 g/mol. The third-order valence-electron chi connectivity index (χ3n) is 6.08. The third-order valence-corrected chi connectivity index (χ3v) is 6.08. The van der Waals surface area contributed by atoms with Gasteiger partial charge in [0, 0.05) is 11.8 Å². The lowest BCUT2D eigenvalue weighted by Crippen LogP contribution is -2.32. The van der Waals surface area contributed by atoms with Gasteiger partial charge < -0.3 is 14.8 Å². The zero-order valence-corrected chi connectivity index (χ0v) is 19.3. The summed E-state index contributed by atoms with van der Waals surface area (Å²) >= 11 is 0. The number of nitrogens with one attached hydrogen (secondary N) is 1. The standard InChI is InChI=1S/C28H26N2O4/c1-3-4-5-19-8-13-22(14-9-19)30-27(31)25(20-10-6-18(2)7-11-20)26(28(30)32)29-21-12-15-23-24(16-21)34-17-33-23/h6-16,29H,3-5,17H2,1-2H3. The summed E-state index contributed by atoms with van der Waals surface area (Å²) in [5.74, 6) is 0.508. The zero-order chi connectivity index (χ0) is 23.7. The number of unbranched alkanes of at least 4 members (excludes halogenated alkanes) is 1. The SMILES string of the molecule is CCCCc1ccc(N2C(=O)C(Nc3ccc4c(c3)OCO4)=C(c3ccc(C)cc3)C2=O)cc1. The van der Waals surface area contributed by atoms with Crippen LogP contribution in [0.5, 0.6) is 11.5 Å². The molecule has 2 aliphatic rings. The van der Waals surface area contributed by atoms with Gasteiger partial charge >= 0.3 is 0 Å². The lowest BCUT2D eigenvalue weighted by molar-refractivity contribution is -0.120. The van der Waals surface area contributed by atoms with E-state index in [9.17, 15) is 9.59 Å². The lowest BCUT2D eigenvalue weighted by atomic mass is 10.0. The first-order valence-electron chi connectivity index (χ1n) is 11.5. The molecule has 0 unspecified atom stereocenters. The second kappa shape index (κ2) is 9.06. The van der Waals surface area contributed by atoms with Crippen LogP contribution in [0.15, 0.2) is 72.4 Å². The second-order valence-corrected chi connectivity index (χ2v) is 8.52. The molecule has 0 saturated carbocycles. The number of amides is 2. The fourth-order valence-corrected chi connectivity index (χ4v) is 4.18. The van der Waals surface area contributed by atoms with Crippen molar-refractivity contribution in [3.05, 3.63) is 89.1 Å². The maximum atomic E-state index is 13.6. The predicted octanol–water partition coefficient (Wildman–Crippen LogP) is 5.46. The van der Waals surface area contributed by atoms with Crippen molar-refractivity contribution >= 4 is 28.8 Å². The number of anilines is 2. The number of hydrogen-bond acceptors (Lipinski definition) is 5. The minimum atomic E-state index is -0.389. The normalized spacial score (nSPS) is 14.8. The van der Waals surface area contributed by atoms with Crippen LogP contribution in [0.3, 0.4) is 0 Å². The fraction of sp³-hybridized carbons (Fsp3) is 0.214. The number of benzene rings is 3. The van der Waals surface area contributed by atoms with E-state index in [0.29, 0.717) is 34.0 Å². The van der Waals surface area contributed by atoms with E-state index in [1.807, 2.05) is 55.5 Å². The molecule has 0 aliphatic carbocycles. The first kappa shape index (κ1) is 21.8. The number of rotatable bonds is 7. The molecule has 6 nitrogen and oxygen atoms in total. The largest absolute Gasteiger partial charge is 0.454 e. The molecule has 34 heavy (non-hydrogen) atoms. The van der Waals surface area contributed by atoms with Crippen molar-refractivity contribution in [1.29, 1.82) is 0 Å². The van der Waals surface area contributed by atoms with Gasteiger partial charge in [0.2, 0.25) is 6.79 Å². The van der Waals surface area contributed by atoms with E-state index < -0.39 is 0 Å². The summed E-state index contributed by atoms with van der Waals surface area (Å²) in [7, 11) is 0. The molecule has 3 aromatic rings. The van der Waals surface area contributed by atoms with Crippen LogP contribution in [0.25, 0.3) is 5.57 Å². The molecule has 0 saturated heterocycles. The van der Waals surface area contributed by atoms with Crippen molar-refractivity contribution in [1.82, 2.24) is 0 Å². The van der Waals surface area contributed by atoms with Crippen LogP contribution >= 0.6 is 0 Å². The molecular weight excluding hydrogens is 428 g/mol. The van der Waals surface area contributed by atoms with Crippen LogP contribution in [0.2, 0.25) is 0 Å². The fourth-order valence-electron chi connectivity index (χ4n) is 4.18. The van der Waals surface area contributed by atoms with Crippen LogP contribution in [0, 0.1) is 6.92 Å². The Bertz CT molecular complexity index is 1280. The van der Waals surface area contributed by atoms with Crippen molar-refractivity contribution in [3.63, 3.8) is 0 Å². The Morgan fingerprint density at radius 2 is 1.62 bits per heavy atom. The van der Waals surface area contributed by atoms with E-state index in [0.717, 1.165) is 24.8 Å². The molecule has 2 amide bonds. The molecule has 0 radical (unpaired) electrons. The van der Waals surface area contributed by atoms with Gasteiger partial charge in [-0.15, -0.1) is 0 Å². The van der Waals surface area contributed by atoms with Gasteiger partial charge in [0.15, 0.2) is 11.5 Å². The van der Waals surface area contributed by atoms with Crippen LogP contribution in [0.4, 0.5) is 11.4 Å². The first-order chi connectivity index (χ1) is 16.5. The van der Waals surface area contributed by atoms with Crippen LogP contribution < -0.4 is 19.7 Å². The van der Waals surface area contributed by atoms with E-state index >= 15 is 0 Å². The van der Waals surface area contributed by atoms with Crippen LogP contribution in [-0.4, -0.2) is 18.6 Å². The van der Waals surface area contributed by atoms with Gasteiger partial charge in [-0.05, 0) is 55.2 Å². The quantitative estimate of drug-likeness (QED) is 0.480. The Morgan fingerprint density at radius 3 is 2.35 bits per heavy atom. The first-order valence-corrected chi connectivity index (χ1v) is 11.5. The van der Waals surface area contributed by atoms with Crippen LogP contribution in [0.1, 0.15) is 36.5 Å². The molecule has 0 aromatic heterocycles. The number of ether oxygens (including phenoxy) is 2. The van der Waals surface area contributed by atoms with Gasteiger partial charge in [-0.2, -0.15) is 0 Å². The van der Waals surface area contributed by atoms with Crippen LogP contribution in [-0.2, 0) is 16.0 Å². The number of carbonyl (C=O) groups is 2. The number of nitrogens with zero attached hydrogens (tertiary/aromatic N) is 1. The topological polar surface area (TPSA) is 67.9 Å². The van der Waals surface area contributed by atoms with E-state index in [-0.39, 0.29) is 24.3 Å². The van der Waals surface area contributed by atoms with Gasteiger partial charge in [0.25, 0.3) is 11.8 Å². The molecule has 2 heterocycles. The molecule has 172 valence electrons. The Morgan fingerprint density at radius 1 is 0.882 bits per heavy atom. The van der Waals surface area contributed by atoms with Gasteiger partial charge in [0.05, 0.1) is 11.3 Å². The molecule has 0 atom stereocenters. The summed E-state index contributed by atoms with van der Waals surface area (Å²) < 4.78 is 10.8. The zero-order valence-electron chi connectivity index (χ0n) is 19.3. The number of hydrogen-bond donors (Lipinski definition) is 1. The maximum absolute atomic E-state index is 13.6. The van der Waals surface area contributed by atoms with E-state index in [1.54, 1.807) is 18.2 Å². The van der Waals surface area contributed by atoms with Gasteiger partial charge in [-0.1, -0.05) is 55.3 Å². The van der Waals surface area contributed by atoms with Gasteiger partial charge in [-0.3, -0.25) is 9.59 Å². The molecule has 0 spiro atoms. The highest BCUT2D eigenvalue weighted by atomic mass is 16.7. The maximum Gasteiger partial charge on any atom is 0.282 e. The van der Waals surface area contributed by atoms with E-state index in [2.05, 4.69) is 12.2 Å². The van der Waals surface area contributed by atoms with Crippen molar-refractivity contribution in [2.24, 2.45) is 0 Å². The third kappa shape index (κ3) is 4.03. The molecular formula is C28H26N2O4. The minimum absolute atomic E-state index is 0.162. The molecule has 5 rings (SSSR count). The van der Waals surface area contributed by atoms with E-state index in [4.69, 9.17) is 9.47 Å². The summed E-state index contributed by atoms with van der Waals surface area (Å²) in [6.07, 6.45) is 3.19.